The lowest BCUT2D eigenvalue weighted by atomic mass is 9.95. The van der Waals surface area contributed by atoms with E-state index in [1.807, 2.05) is 0 Å². The molecule has 2 aromatic rings. The van der Waals surface area contributed by atoms with Crippen LogP contribution in [0.2, 0.25) is 0 Å². The van der Waals surface area contributed by atoms with Crippen molar-refractivity contribution in [3.8, 4) is 0 Å². The van der Waals surface area contributed by atoms with Gasteiger partial charge in [-0.3, -0.25) is 9.48 Å². The molecule has 1 aliphatic rings. The Kier molecular flexibility index (Phi) is 5.83. The molecule has 1 aliphatic carbocycles. The highest BCUT2D eigenvalue weighted by Crippen LogP contribution is 2.39. The topological polar surface area (TPSA) is 111 Å². The van der Waals surface area contributed by atoms with Gasteiger partial charge in [-0.05, 0) is 58.1 Å². The Morgan fingerprint density at radius 1 is 1.25 bits per heavy atom. The standard InChI is InChI=1S/C19H23N3O5S/c1-10(2)27-19(26)15-12-6-4-5-7-14(12)28-17(15)20-16(23)13-8-9-22(21-13)11(3)18(24)25/h8-11H,4-7H2,1-3H3,(H,20,23)(H,24,25). The van der Waals surface area contributed by atoms with Crippen LogP contribution in [-0.4, -0.2) is 38.8 Å². The number of aryl methyl sites for hydroxylation is 1. The maximum absolute atomic E-state index is 12.6. The monoisotopic (exact) mass is 405 g/mol. The Morgan fingerprint density at radius 3 is 2.64 bits per heavy atom. The van der Waals surface area contributed by atoms with Gasteiger partial charge in [0.1, 0.15) is 11.0 Å². The van der Waals surface area contributed by atoms with Crippen LogP contribution >= 0.6 is 11.3 Å². The zero-order chi connectivity index (χ0) is 20.4. The van der Waals surface area contributed by atoms with Gasteiger partial charge in [0.05, 0.1) is 11.7 Å². The van der Waals surface area contributed by atoms with Crippen molar-refractivity contribution in [1.29, 1.82) is 0 Å². The number of fused-ring (bicyclic) bond motifs is 1. The number of hydrogen-bond acceptors (Lipinski definition) is 6. The lowest BCUT2D eigenvalue weighted by molar-refractivity contribution is -0.140. The number of amides is 1. The molecule has 28 heavy (non-hydrogen) atoms. The maximum Gasteiger partial charge on any atom is 0.341 e. The summed E-state index contributed by atoms with van der Waals surface area (Å²) >= 11 is 1.40. The predicted molar refractivity (Wildman–Crippen MR) is 104 cm³/mol. The zero-order valence-electron chi connectivity index (χ0n) is 16.0. The van der Waals surface area contributed by atoms with Gasteiger partial charge in [0, 0.05) is 11.1 Å². The Morgan fingerprint density at radius 2 is 1.96 bits per heavy atom. The summed E-state index contributed by atoms with van der Waals surface area (Å²) < 4.78 is 6.59. The minimum atomic E-state index is -1.04. The van der Waals surface area contributed by atoms with Crippen molar-refractivity contribution < 1.29 is 24.2 Å². The summed E-state index contributed by atoms with van der Waals surface area (Å²) in [7, 11) is 0. The van der Waals surface area contributed by atoms with Gasteiger partial charge in [0.2, 0.25) is 0 Å². The number of carbonyl (C=O) groups excluding carboxylic acids is 2. The summed E-state index contributed by atoms with van der Waals surface area (Å²) in [5, 5.41) is 16.4. The summed E-state index contributed by atoms with van der Waals surface area (Å²) in [4.78, 5) is 37.5. The molecule has 0 aromatic carbocycles. The fraction of sp³-hybridized carbons (Fsp3) is 0.474. The molecule has 1 atom stereocenters. The van der Waals surface area contributed by atoms with Crippen molar-refractivity contribution in [2.75, 3.05) is 5.32 Å². The number of esters is 1. The van der Waals surface area contributed by atoms with Gasteiger partial charge >= 0.3 is 11.9 Å². The average Bonchev–Trinajstić information content (AvgIpc) is 3.24. The third kappa shape index (κ3) is 4.09. The van der Waals surface area contributed by atoms with Crippen molar-refractivity contribution in [2.24, 2.45) is 0 Å². The molecular weight excluding hydrogens is 382 g/mol. The fourth-order valence-electron chi connectivity index (χ4n) is 3.10. The molecule has 2 heterocycles. The van der Waals surface area contributed by atoms with Gasteiger partial charge < -0.3 is 15.2 Å². The lowest BCUT2D eigenvalue weighted by Crippen LogP contribution is -2.19. The molecule has 3 rings (SSSR count). The number of anilines is 1. The third-order valence-electron chi connectivity index (χ3n) is 4.54. The maximum atomic E-state index is 12.6. The van der Waals surface area contributed by atoms with E-state index in [-0.39, 0.29) is 11.8 Å². The van der Waals surface area contributed by atoms with Crippen LogP contribution in [0.4, 0.5) is 5.00 Å². The molecule has 2 N–H and O–H groups in total. The average molecular weight is 405 g/mol. The molecule has 0 bridgehead atoms. The van der Waals surface area contributed by atoms with Crippen LogP contribution in [-0.2, 0) is 22.4 Å². The van der Waals surface area contributed by atoms with E-state index in [2.05, 4.69) is 10.4 Å². The van der Waals surface area contributed by atoms with E-state index in [0.717, 1.165) is 36.1 Å². The molecule has 0 radical (unpaired) electrons. The van der Waals surface area contributed by atoms with Gasteiger partial charge in [-0.25, -0.2) is 9.59 Å². The molecule has 150 valence electrons. The van der Waals surface area contributed by atoms with Crippen molar-refractivity contribution in [3.63, 3.8) is 0 Å². The first-order valence-electron chi connectivity index (χ1n) is 9.22. The summed E-state index contributed by atoms with van der Waals surface area (Å²) in [5.74, 6) is -1.97. The fourth-order valence-corrected chi connectivity index (χ4v) is 4.37. The number of carbonyl (C=O) groups is 3. The van der Waals surface area contributed by atoms with Gasteiger partial charge in [0.25, 0.3) is 5.91 Å². The number of aromatic nitrogens is 2. The largest absolute Gasteiger partial charge is 0.480 e. The van der Waals surface area contributed by atoms with Crippen LogP contribution in [0.1, 0.15) is 70.9 Å². The lowest BCUT2D eigenvalue weighted by Gasteiger charge is -2.14. The van der Waals surface area contributed by atoms with Crippen LogP contribution < -0.4 is 5.32 Å². The van der Waals surface area contributed by atoms with Gasteiger partial charge in [0.15, 0.2) is 5.69 Å². The number of hydrogen-bond donors (Lipinski definition) is 2. The molecule has 9 heteroatoms. The molecule has 0 fully saturated rings. The van der Waals surface area contributed by atoms with Crippen LogP contribution in [0.5, 0.6) is 0 Å². The first-order valence-corrected chi connectivity index (χ1v) is 10.0. The minimum absolute atomic E-state index is 0.0858. The molecular formula is C19H23N3O5S. The number of rotatable bonds is 6. The number of carboxylic acid groups (broad SMARTS) is 1. The highest BCUT2D eigenvalue weighted by Gasteiger charge is 2.28. The highest BCUT2D eigenvalue weighted by molar-refractivity contribution is 7.17. The second-order valence-corrected chi connectivity index (χ2v) is 8.12. The van der Waals surface area contributed by atoms with Crippen LogP contribution in [0.25, 0.3) is 0 Å². The second-order valence-electron chi connectivity index (χ2n) is 7.02. The molecule has 2 aromatic heterocycles. The summed E-state index contributed by atoms with van der Waals surface area (Å²) in [6.45, 7) is 5.04. The molecule has 0 saturated heterocycles. The molecule has 0 spiro atoms. The smallest absolute Gasteiger partial charge is 0.341 e. The predicted octanol–water partition coefficient (Wildman–Crippen LogP) is 3.29. The molecule has 0 aliphatic heterocycles. The van der Waals surface area contributed by atoms with E-state index in [1.165, 1.54) is 35.2 Å². The van der Waals surface area contributed by atoms with Crippen molar-refractivity contribution in [3.05, 3.63) is 34.0 Å². The highest BCUT2D eigenvalue weighted by atomic mass is 32.1. The Bertz CT molecular complexity index is 915. The molecule has 1 amide bonds. The normalized spacial score (nSPS) is 14.4. The number of aliphatic carboxylic acids is 1. The van der Waals surface area contributed by atoms with E-state index in [4.69, 9.17) is 9.84 Å². The summed E-state index contributed by atoms with van der Waals surface area (Å²) in [6.07, 6.45) is 4.90. The quantitative estimate of drug-likeness (QED) is 0.714. The Hall–Kier alpha value is -2.68. The number of nitrogens with one attached hydrogen (secondary N) is 1. The number of ether oxygens (including phenoxy) is 1. The first-order chi connectivity index (χ1) is 13.3. The SMILES string of the molecule is CC(C)OC(=O)c1c(NC(=O)c2ccn(C(C)C(=O)O)n2)sc2c1CCCC2. The summed E-state index contributed by atoms with van der Waals surface area (Å²) in [6, 6.07) is 0.571. The second kappa shape index (κ2) is 8.14. The summed E-state index contributed by atoms with van der Waals surface area (Å²) in [5.41, 5.74) is 1.48. The van der Waals surface area contributed by atoms with Crippen LogP contribution in [0.15, 0.2) is 12.3 Å². The van der Waals surface area contributed by atoms with Gasteiger partial charge in [-0.15, -0.1) is 11.3 Å². The van der Waals surface area contributed by atoms with Crippen molar-refractivity contribution in [2.45, 2.75) is 58.6 Å². The molecule has 8 nitrogen and oxygen atoms in total. The van der Waals surface area contributed by atoms with Crippen molar-refractivity contribution in [1.82, 2.24) is 9.78 Å². The van der Waals surface area contributed by atoms with Crippen LogP contribution in [0.3, 0.4) is 0 Å². The number of thiophene rings is 1. The van der Waals surface area contributed by atoms with E-state index >= 15 is 0 Å². The van der Waals surface area contributed by atoms with E-state index < -0.39 is 23.9 Å². The third-order valence-corrected chi connectivity index (χ3v) is 5.75. The molecule has 1 unspecified atom stereocenters. The Balaban J connectivity index is 1.87. The molecule has 0 saturated carbocycles. The van der Waals surface area contributed by atoms with Crippen LogP contribution in [0, 0.1) is 0 Å². The van der Waals surface area contributed by atoms with E-state index in [9.17, 15) is 14.4 Å². The van der Waals surface area contributed by atoms with E-state index in [1.54, 1.807) is 13.8 Å². The number of carboxylic acids is 1. The first kappa shape index (κ1) is 20.1. The van der Waals surface area contributed by atoms with Gasteiger partial charge in [-0.2, -0.15) is 5.10 Å². The van der Waals surface area contributed by atoms with Crippen molar-refractivity contribution >= 4 is 34.2 Å². The zero-order valence-corrected chi connectivity index (χ0v) is 16.8. The van der Waals surface area contributed by atoms with Gasteiger partial charge in [-0.1, -0.05) is 0 Å². The minimum Gasteiger partial charge on any atom is -0.480 e. The van der Waals surface area contributed by atoms with E-state index in [0.29, 0.717) is 10.6 Å². The Labute approximate surface area is 166 Å². The number of nitrogens with zero attached hydrogens (tertiary/aromatic N) is 2.